The van der Waals surface area contributed by atoms with Gasteiger partial charge < -0.3 is 9.84 Å². The van der Waals surface area contributed by atoms with Crippen LogP contribution in [-0.4, -0.2) is 23.2 Å². The Morgan fingerprint density at radius 3 is 1.95 bits per heavy atom. The number of phenolic OH excluding ortho intramolecular Hbond substituents is 1. The van der Waals surface area contributed by atoms with E-state index in [1.807, 2.05) is 0 Å². The zero-order valence-corrected chi connectivity index (χ0v) is 10.7. The number of rotatable bonds is 3. The lowest BCUT2D eigenvalue weighted by molar-refractivity contribution is -0.0335. The van der Waals surface area contributed by atoms with Crippen LogP contribution in [0.5, 0.6) is 11.5 Å². The van der Waals surface area contributed by atoms with Crippen molar-refractivity contribution in [3.05, 3.63) is 12.1 Å². The highest BCUT2D eigenvalue weighted by Crippen LogP contribution is 2.48. The lowest BCUT2D eigenvalue weighted by Gasteiger charge is -2.13. The molecule has 108 valence electrons. The third kappa shape index (κ3) is 5.31. The topological polar surface area (TPSA) is 29.5 Å². The molecule has 0 saturated carbocycles. The van der Waals surface area contributed by atoms with E-state index in [1.165, 1.54) is 0 Å². The van der Waals surface area contributed by atoms with Gasteiger partial charge in [-0.1, -0.05) is 0 Å². The zero-order valence-electron chi connectivity index (χ0n) is 9.09. The quantitative estimate of drug-likeness (QED) is 0.649. The third-order valence-electron chi connectivity index (χ3n) is 1.69. The van der Waals surface area contributed by atoms with Crippen molar-refractivity contribution in [3.8, 4) is 11.5 Å². The molecule has 0 saturated heterocycles. The predicted octanol–water partition coefficient (Wildman–Crippen LogP) is 4.62. The van der Waals surface area contributed by atoms with Crippen LogP contribution in [0.15, 0.2) is 21.9 Å². The van der Waals surface area contributed by atoms with Gasteiger partial charge in [-0.05, 0) is 35.7 Å². The molecule has 19 heavy (non-hydrogen) atoms. The molecule has 0 aliphatic heterocycles. The van der Waals surface area contributed by atoms with Crippen LogP contribution in [0.2, 0.25) is 0 Å². The molecule has 0 aromatic heterocycles. The molecule has 0 bridgehead atoms. The maximum atomic E-state index is 12.2. The van der Waals surface area contributed by atoms with Crippen molar-refractivity contribution in [1.29, 1.82) is 0 Å². The van der Waals surface area contributed by atoms with Crippen molar-refractivity contribution in [1.82, 2.24) is 0 Å². The van der Waals surface area contributed by atoms with Crippen LogP contribution in [0.4, 0.5) is 26.3 Å². The first-order valence-corrected chi connectivity index (χ1v) is 6.07. The minimum absolute atomic E-state index is 0.457. The van der Waals surface area contributed by atoms with Gasteiger partial charge in [0, 0.05) is 4.90 Å². The smallest absolute Gasteiger partial charge is 0.446 e. The van der Waals surface area contributed by atoms with Gasteiger partial charge in [-0.2, -0.15) is 26.3 Å². The van der Waals surface area contributed by atoms with Crippen molar-refractivity contribution in [2.75, 3.05) is 7.11 Å². The number of halogens is 6. The number of aromatic hydroxyl groups is 1. The van der Waals surface area contributed by atoms with Crippen LogP contribution < -0.4 is 4.74 Å². The number of ether oxygens (including phenoxy) is 1. The SMILES string of the molecule is COc1cc(SC(F)(F)F)cc(SC(F)(F)F)c1O. The van der Waals surface area contributed by atoms with E-state index in [0.29, 0.717) is 6.07 Å². The summed E-state index contributed by atoms with van der Waals surface area (Å²) in [6.45, 7) is 0. The van der Waals surface area contributed by atoms with Gasteiger partial charge in [0.05, 0.1) is 12.0 Å². The van der Waals surface area contributed by atoms with E-state index < -0.39 is 55.8 Å². The van der Waals surface area contributed by atoms with Crippen LogP contribution in [-0.2, 0) is 0 Å². The molecule has 1 rings (SSSR count). The van der Waals surface area contributed by atoms with Crippen molar-refractivity contribution in [2.45, 2.75) is 20.8 Å². The van der Waals surface area contributed by atoms with Crippen LogP contribution in [0.25, 0.3) is 0 Å². The van der Waals surface area contributed by atoms with E-state index in [2.05, 4.69) is 4.74 Å². The maximum Gasteiger partial charge on any atom is 0.446 e. The molecule has 0 radical (unpaired) electrons. The Kier molecular flexibility index (Phi) is 4.77. The summed E-state index contributed by atoms with van der Waals surface area (Å²) in [5.74, 6) is -1.31. The first kappa shape index (κ1) is 16.2. The molecule has 0 fully saturated rings. The average molecular weight is 324 g/mol. The van der Waals surface area contributed by atoms with Crippen LogP contribution in [0.1, 0.15) is 0 Å². The molecule has 0 unspecified atom stereocenters. The Morgan fingerprint density at radius 2 is 1.53 bits per heavy atom. The third-order valence-corrected chi connectivity index (χ3v) is 3.16. The first-order valence-electron chi connectivity index (χ1n) is 4.44. The van der Waals surface area contributed by atoms with E-state index in [1.54, 1.807) is 0 Å². The minimum atomic E-state index is -4.73. The summed E-state index contributed by atoms with van der Waals surface area (Å²) in [6, 6.07) is 1.42. The van der Waals surface area contributed by atoms with E-state index in [-0.39, 0.29) is 0 Å². The Hall–Kier alpha value is -0.900. The maximum absolute atomic E-state index is 12.2. The number of hydrogen-bond donors (Lipinski definition) is 1. The Labute approximate surface area is 112 Å². The lowest BCUT2D eigenvalue weighted by atomic mass is 10.3. The zero-order chi connectivity index (χ0) is 14.8. The number of phenols is 1. The van der Waals surface area contributed by atoms with Gasteiger partial charge in [0.2, 0.25) is 0 Å². The van der Waals surface area contributed by atoms with Crippen molar-refractivity contribution in [2.24, 2.45) is 0 Å². The Balaban J connectivity index is 3.18. The highest BCUT2D eigenvalue weighted by Gasteiger charge is 2.34. The van der Waals surface area contributed by atoms with Crippen molar-refractivity contribution >= 4 is 23.5 Å². The molecule has 10 heteroatoms. The second-order valence-electron chi connectivity index (χ2n) is 3.07. The molecule has 2 nitrogen and oxygen atoms in total. The molecule has 0 spiro atoms. The average Bonchev–Trinajstić information content (AvgIpc) is 2.18. The molecule has 1 aromatic rings. The number of benzene rings is 1. The fourth-order valence-electron chi connectivity index (χ4n) is 1.11. The van der Waals surface area contributed by atoms with Gasteiger partial charge in [0.25, 0.3) is 0 Å². The van der Waals surface area contributed by atoms with Crippen LogP contribution in [0, 0.1) is 0 Å². The molecule has 0 aliphatic carbocycles. The van der Waals surface area contributed by atoms with E-state index in [9.17, 15) is 31.4 Å². The molecule has 0 amide bonds. The van der Waals surface area contributed by atoms with Gasteiger partial charge in [0.15, 0.2) is 11.5 Å². The molecular weight excluding hydrogens is 318 g/mol. The van der Waals surface area contributed by atoms with Crippen molar-refractivity contribution < 1.29 is 36.2 Å². The fourth-order valence-corrected chi connectivity index (χ4v) is 2.43. The minimum Gasteiger partial charge on any atom is -0.503 e. The van der Waals surface area contributed by atoms with Crippen molar-refractivity contribution in [3.63, 3.8) is 0 Å². The summed E-state index contributed by atoms with van der Waals surface area (Å²) < 4.78 is 77.7. The van der Waals surface area contributed by atoms with Crippen LogP contribution in [0.3, 0.4) is 0 Å². The number of alkyl halides is 6. The highest BCUT2D eigenvalue weighted by molar-refractivity contribution is 8.01. The van der Waals surface area contributed by atoms with Gasteiger partial charge in [0.1, 0.15) is 0 Å². The van der Waals surface area contributed by atoms with E-state index in [0.717, 1.165) is 13.2 Å². The standard InChI is InChI=1S/C9H6F6O2S2/c1-17-5-2-4(18-8(10,11)12)3-6(7(5)16)19-9(13,14)15/h2-3,16H,1H3. The summed E-state index contributed by atoms with van der Waals surface area (Å²) in [4.78, 5) is -1.26. The number of thioether (sulfide) groups is 2. The second-order valence-corrected chi connectivity index (χ2v) is 5.31. The summed E-state index contributed by atoms with van der Waals surface area (Å²) in [5.41, 5.74) is -9.38. The second kappa shape index (κ2) is 5.61. The number of methoxy groups -OCH3 is 1. The van der Waals surface area contributed by atoms with Gasteiger partial charge in [-0.25, -0.2) is 0 Å². The largest absolute Gasteiger partial charge is 0.503 e. The van der Waals surface area contributed by atoms with Crippen LogP contribution >= 0.6 is 23.5 Å². The van der Waals surface area contributed by atoms with Gasteiger partial charge >= 0.3 is 11.0 Å². The lowest BCUT2D eigenvalue weighted by Crippen LogP contribution is -2.02. The molecule has 1 aromatic carbocycles. The predicted molar refractivity (Wildman–Crippen MR) is 58.5 cm³/mol. The molecule has 1 N–H and O–H groups in total. The van der Waals surface area contributed by atoms with Gasteiger partial charge in [-0.15, -0.1) is 0 Å². The molecule has 0 heterocycles. The first-order chi connectivity index (χ1) is 8.52. The summed E-state index contributed by atoms with van der Waals surface area (Å²) in [6.07, 6.45) is 0. The number of hydrogen-bond acceptors (Lipinski definition) is 4. The normalized spacial score (nSPS) is 12.6. The highest BCUT2D eigenvalue weighted by atomic mass is 32.2. The fraction of sp³-hybridized carbons (Fsp3) is 0.333. The summed E-state index contributed by atoms with van der Waals surface area (Å²) in [7, 11) is 1.03. The van der Waals surface area contributed by atoms with E-state index >= 15 is 0 Å². The molecular formula is C9H6F6O2S2. The summed E-state index contributed by atoms with van der Waals surface area (Å²) >= 11 is -1.31. The Bertz CT molecular complexity index is 457. The Morgan fingerprint density at radius 1 is 1.00 bits per heavy atom. The monoisotopic (exact) mass is 324 g/mol. The molecule has 0 aliphatic rings. The van der Waals surface area contributed by atoms with E-state index in [4.69, 9.17) is 0 Å². The molecule has 0 atom stereocenters. The van der Waals surface area contributed by atoms with Gasteiger partial charge in [-0.3, -0.25) is 0 Å². The summed E-state index contributed by atoms with van der Waals surface area (Å²) in [5, 5.41) is 9.44.